The van der Waals surface area contributed by atoms with Crippen molar-refractivity contribution in [2.75, 3.05) is 26.1 Å². The number of benzene rings is 1. The lowest BCUT2D eigenvalue weighted by atomic mass is 10.3. The largest absolute Gasteiger partial charge is 0.493 e. The summed E-state index contributed by atoms with van der Waals surface area (Å²) in [5.74, 6) is 1.20. The molecule has 2 N–H and O–H groups in total. The van der Waals surface area contributed by atoms with Gasteiger partial charge >= 0.3 is 5.97 Å². The van der Waals surface area contributed by atoms with Crippen molar-refractivity contribution in [3.8, 4) is 11.5 Å². The molecule has 0 radical (unpaired) electrons. The summed E-state index contributed by atoms with van der Waals surface area (Å²) in [5.41, 5.74) is 5.45. The van der Waals surface area contributed by atoms with Crippen molar-refractivity contribution in [2.45, 2.75) is 6.54 Å². The van der Waals surface area contributed by atoms with Crippen LogP contribution in [-0.2, 0) is 16.1 Å². The molecule has 2 aromatic rings. The van der Waals surface area contributed by atoms with Crippen LogP contribution in [-0.4, -0.2) is 36.1 Å². The third-order valence-corrected chi connectivity index (χ3v) is 2.63. The van der Waals surface area contributed by atoms with Crippen LogP contribution in [0.5, 0.6) is 11.5 Å². The number of carbonyl (C=O) groups excluding carboxylic acids is 1. The van der Waals surface area contributed by atoms with Gasteiger partial charge < -0.3 is 19.9 Å². The van der Waals surface area contributed by atoms with Crippen molar-refractivity contribution in [3.05, 3.63) is 36.5 Å². The molecular weight excluding hydrogens is 274 g/mol. The van der Waals surface area contributed by atoms with Crippen molar-refractivity contribution in [2.24, 2.45) is 0 Å². The number of rotatable bonds is 7. The Kier molecular flexibility index (Phi) is 5.03. The van der Waals surface area contributed by atoms with E-state index in [-0.39, 0.29) is 19.8 Å². The Bertz CT molecular complexity index is 597. The average molecular weight is 291 g/mol. The molecule has 0 aliphatic carbocycles. The second-order valence-electron chi connectivity index (χ2n) is 4.16. The first-order valence-corrected chi connectivity index (χ1v) is 6.39. The van der Waals surface area contributed by atoms with Crippen LogP contribution >= 0.6 is 0 Å². The molecule has 0 aliphatic rings. The number of carbonyl (C=O) groups is 1. The Labute approximate surface area is 122 Å². The molecule has 0 spiro atoms. The van der Waals surface area contributed by atoms with Crippen LogP contribution in [0.2, 0.25) is 0 Å². The summed E-state index contributed by atoms with van der Waals surface area (Å²) >= 11 is 0. The van der Waals surface area contributed by atoms with Crippen LogP contribution < -0.4 is 15.2 Å². The molecule has 0 amide bonds. The molecule has 0 atom stereocenters. The predicted molar refractivity (Wildman–Crippen MR) is 76.1 cm³/mol. The van der Waals surface area contributed by atoms with Gasteiger partial charge in [0.2, 0.25) is 0 Å². The molecule has 7 heteroatoms. The summed E-state index contributed by atoms with van der Waals surface area (Å²) in [6, 6.07) is 8.88. The summed E-state index contributed by atoms with van der Waals surface area (Å²) in [6.45, 7) is 0.410. The first-order valence-electron chi connectivity index (χ1n) is 6.39. The standard InChI is InChI=1S/C14H17N3O4/c1-19-11-4-2-3-5-12(11)20-8-9-21-14(18)10-17-7-6-13(15)16-17/h2-7H,8-10H2,1H3,(H2,15,16). The topological polar surface area (TPSA) is 88.6 Å². The lowest BCUT2D eigenvalue weighted by molar-refractivity contribution is -0.145. The van der Waals surface area contributed by atoms with E-state index in [2.05, 4.69) is 5.10 Å². The van der Waals surface area contributed by atoms with Crippen LogP contribution in [0.25, 0.3) is 0 Å². The number of ether oxygens (including phenoxy) is 3. The third kappa shape index (κ3) is 4.41. The quantitative estimate of drug-likeness (QED) is 0.607. The highest BCUT2D eigenvalue weighted by atomic mass is 16.6. The van der Waals surface area contributed by atoms with E-state index in [0.29, 0.717) is 17.3 Å². The molecule has 0 saturated carbocycles. The molecule has 1 heterocycles. The number of anilines is 1. The predicted octanol–water partition coefficient (Wildman–Crippen LogP) is 1.10. The summed E-state index contributed by atoms with van der Waals surface area (Å²) in [6.07, 6.45) is 1.61. The van der Waals surface area contributed by atoms with Gasteiger partial charge in [-0.1, -0.05) is 12.1 Å². The normalized spacial score (nSPS) is 10.1. The minimum atomic E-state index is -0.401. The van der Waals surface area contributed by atoms with Crippen molar-refractivity contribution in [1.29, 1.82) is 0 Å². The van der Waals surface area contributed by atoms with Crippen LogP contribution in [0.15, 0.2) is 36.5 Å². The van der Waals surface area contributed by atoms with E-state index in [1.165, 1.54) is 4.68 Å². The van der Waals surface area contributed by atoms with Gasteiger partial charge in [0.1, 0.15) is 25.6 Å². The lowest BCUT2D eigenvalue weighted by Gasteiger charge is -2.10. The Hall–Kier alpha value is -2.70. The molecule has 0 bridgehead atoms. The number of hydrogen-bond donors (Lipinski definition) is 1. The Morgan fingerprint density at radius 3 is 2.67 bits per heavy atom. The molecule has 2 rings (SSSR count). The third-order valence-electron chi connectivity index (χ3n) is 2.63. The maximum absolute atomic E-state index is 11.6. The smallest absolute Gasteiger partial charge is 0.327 e. The van der Waals surface area contributed by atoms with Crippen LogP contribution in [0.3, 0.4) is 0 Å². The molecular formula is C14H17N3O4. The molecule has 21 heavy (non-hydrogen) atoms. The minimum absolute atomic E-state index is 0.0197. The molecule has 0 fully saturated rings. The van der Waals surface area contributed by atoms with Gasteiger partial charge in [-0.05, 0) is 18.2 Å². The van der Waals surface area contributed by atoms with Gasteiger partial charge in [-0.15, -0.1) is 0 Å². The van der Waals surface area contributed by atoms with E-state index in [1.807, 2.05) is 12.1 Å². The Balaban J connectivity index is 1.71. The molecule has 0 unspecified atom stereocenters. The molecule has 0 aliphatic heterocycles. The minimum Gasteiger partial charge on any atom is -0.493 e. The van der Waals surface area contributed by atoms with Crippen LogP contribution in [0, 0.1) is 0 Å². The number of hydrogen-bond acceptors (Lipinski definition) is 6. The average Bonchev–Trinajstić information content (AvgIpc) is 2.89. The maximum Gasteiger partial charge on any atom is 0.327 e. The van der Waals surface area contributed by atoms with E-state index < -0.39 is 5.97 Å². The van der Waals surface area contributed by atoms with Gasteiger partial charge in [-0.25, -0.2) is 0 Å². The number of nitrogen functional groups attached to an aromatic ring is 1. The van der Waals surface area contributed by atoms with Gasteiger partial charge in [0.25, 0.3) is 0 Å². The highest BCUT2D eigenvalue weighted by Gasteiger charge is 2.06. The summed E-state index contributed by atoms with van der Waals surface area (Å²) < 4.78 is 17.1. The zero-order chi connectivity index (χ0) is 15.1. The monoisotopic (exact) mass is 291 g/mol. The number of nitrogens with zero attached hydrogens (tertiary/aromatic N) is 2. The van der Waals surface area contributed by atoms with Crippen molar-refractivity contribution in [3.63, 3.8) is 0 Å². The SMILES string of the molecule is COc1ccccc1OCCOC(=O)Cn1ccc(N)n1. The van der Waals surface area contributed by atoms with Gasteiger partial charge in [0.05, 0.1) is 7.11 Å². The summed E-state index contributed by atoms with van der Waals surface area (Å²) in [7, 11) is 1.57. The van der Waals surface area contributed by atoms with E-state index in [1.54, 1.807) is 31.5 Å². The number of para-hydroxylation sites is 2. The van der Waals surface area contributed by atoms with Crippen LogP contribution in [0.4, 0.5) is 5.82 Å². The van der Waals surface area contributed by atoms with Gasteiger partial charge in [0.15, 0.2) is 11.5 Å². The summed E-state index contributed by atoms with van der Waals surface area (Å²) in [5, 5.41) is 3.89. The Morgan fingerprint density at radius 1 is 1.24 bits per heavy atom. The Morgan fingerprint density at radius 2 is 2.00 bits per heavy atom. The van der Waals surface area contributed by atoms with E-state index in [9.17, 15) is 4.79 Å². The highest BCUT2D eigenvalue weighted by molar-refractivity contribution is 5.69. The maximum atomic E-state index is 11.6. The first kappa shape index (κ1) is 14.7. The van der Waals surface area contributed by atoms with Crippen molar-refractivity contribution >= 4 is 11.8 Å². The fourth-order valence-electron chi connectivity index (χ4n) is 1.69. The van der Waals surface area contributed by atoms with Gasteiger partial charge in [0, 0.05) is 6.20 Å². The highest BCUT2D eigenvalue weighted by Crippen LogP contribution is 2.25. The second kappa shape index (κ2) is 7.18. The van der Waals surface area contributed by atoms with E-state index in [0.717, 1.165) is 0 Å². The number of methoxy groups -OCH3 is 1. The van der Waals surface area contributed by atoms with Gasteiger partial charge in [-0.3, -0.25) is 9.48 Å². The second-order valence-corrected chi connectivity index (χ2v) is 4.16. The van der Waals surface area contributed by atoms with Crippen LogP contribution in [0.1, 0.15) is 0 Å². The van der Waals surface area contributed by atoms with Crippen molar-refractivity contribution < 1.29 is 19.0 Å². The number of esters is 1. The number of aromatic nitrogens is 2. The zero-order valence-electron chi connectivity index (χ0n) is 11.7. The van der Waals surface area contributed by atoms with Crippen molar-refractivity contribution in [1.82, 2.24) is 9.78 Å². The molecule has 7 nitrogen and oxygen atoms in total. The molecule has 0 saturated heterocycles. The van der Waals surface area contributed by atoms with E-state index >= 15 is 0 Å². The van der Waals surface area contributed by atoms with E-state index in [4.69, 9.17) is 19.9 Å². The lowest BCUT2D eigenvalue weighted by Crippen LogP contribution is -2.17. The summed E-state index contributed by atoms with van der Waals surface area (Å²) in [4.78, 5) is 11.6. The fraction of sp³-hybridized carbons (Fsp3) is 0.286. The van der Waals surface area contributed by atoms with Gasteiger partial charge in [-0.2, -0.15) is 5.10 Å². The molecule has 1 aromatic carbocycles. The first-order chi connectivity index (χ1) is 10.2. The zero-order valence-corrected chi connectivity index (χ0v) is 11.7. The fourth-order valence-corrected chi connectivity index (χ4v) is 1.69. The molecule has 112 valence electrons. The molecule has 1 aromatic heterocycles. The number of nitrogens with two attached hydrogens (primary N) is 1.